The highest BCUT2D eigenvalue weighted by atomic mass is 16.4. The molecule has 116 valence electrons. The van der Waals surface area contributed by atoms with Crippen molar-refractivity contribution in [1.82, 2.24) is 0 Å². The van der Waals surface area contributed by atoms with Crippen molar-refractivity contribution in [2.75, 3.05) is 0 Å². The van der Waals surface area contributed by atoms with Crippen LogP contribution in [0.1, 0.15) is 51.0 Å². The molecule has 0 spiro atoms. The van der Waals surface area contributed by atoms with E-state index in [9.17, 15) is 14.7 Å². The molecule has 1 unspecified atom stereocenters. The van der Waals surface area contributed by atoms with Crippen molar-refractivity contribution in [1.29, 1.82) is 0 Å². The average molecular weight is 294 g/mol. The molecule has 1 aromatic carbocycles. The molecule has 0 aliphatic carbocycles. The first-order valence-electron chi connectivity index (χ1n) is 7.06. The molecule has 0 heterocycles. The molecule has 0 aromatic heterocycles. The van der Waals surface area contributed by atoms with Crippen LogP contribution in [-0.4, -0.2) is 27.3 Å². The maximum absolute atomic E-state index is 11.1. The summed E-state index contributed by atoms with van der Waals surface area (Å²) in [6.45, 7) is 1.89. The van der Waals surface area contributed by atoms with Crippen LogP contribution in [-0.2, 0) is 15.0 Å². The van der Waals surface area contributed by atoms with Crippen LogP contribution < -0.4 is 0 Å². The summed E-state index contributed by atoms with van der Waals surface area (Å²) in [5.74, 6) is -1.52. The fraction of sp³-hybridized carbons (Fsp3) is 0.500. The molecular weight excluding hydrogens is 272 g/mol. The Morgan fingerprint density at radius 3 is 2.14 bits per heavy atom. The highest BCUT2D eigenvalue weighted by Gasteiger charge is 2.29. The van der Waals surface area contributed by atoms with Gasteiger partial charge in [0.1, 0.15) is 5.75 Å². The third-order valence-electron chi connectivity index (χ3n) is 3.72. The maximum atomic E-state index is 11.1. The molecule has 1 atom stereocenters. The van der Waals surface area contributed by atoms with Crippen LogP contribution in [0, 0.1) is 0 Å². The summed E-state index contributed by atoms with van der Waals surface area (Å²) >= 11 is 0. The molecule has 21 heavy (non-hydrogen) atoms. The predicted octanol–water partition coefficient (Wildman–Crippen LogP) is 3.16. The SMILES string of the molecule is CC(CCCCCC(=O)O)(CC(=O)O)c1ccc(O)cc1. The second-order valence-electron chi connectivity index (χ2n) is 5.63. The minimum atomic E-state index is -0.865. The number of phenols is 1. The zero-order valence-corrected chi connectivity index (χ0v) is 12.2. The first-order chi connectivity index (χ1) is 9.83. The first kappa shape index (κ1) is 17.0. The fourth-order valence-corrected chi connectivity index (χ4v) is 2.50. The Bertz CT molecular complexity index is 480. The molecule has 0 bridgehead atoms. The van der Waals surface area contributed by atoms with Gasteiger partial charge in [0, 0.05) is 11.8 Å². The highest BCUT2D eigenvalue weighted by Crippen LogP contribution is 2.34. The molecule has 0 aliphatic rings. The fourth-order valence-electron chi connectivity index (χ4n) is 2.50. The summed E-state index contributed by atoms with van der Waals surface area (Å²) < 4.78 is 0. The predicted molar refractivity (Wildman–Crippen MR) is 78.4 cm³/mol. The zero-order chi connectivity index (χ0) is 15.9. The molecule has 0 saturated carbocycles. The number of benzene rings is 1. The molecule has 1 rings (SSSR count). The number of carboxylic acids is 2. The number of rotatable bonds is 9. The van der Waals surface area contributed by atoms with Crippen LogP contribution in [0.15, 0.2) is 24.3 Å². The third kappa shape index (κ3) is 5.85. The minimum absolute atomic E-state index is 0.0106. The average Bonchev–Trinajstić information content (AvgIpc) is 2.37. The maximum Gasteiger partial charge on any atom is 0.304 e. The normalized spacial score (nSPS) is 13.6. The van der Waals surface area contributed by atoms with Crippen molar-refractivity contribution in [2.24, 2.45) is 0 Å². The van der Waals surface area contributed by atoms with E-state index in [2.05, 4.69) is 0 Å². The molecule has 3 N–H and O–H groups in total. The summed E-state index contributed by atoms with van der Waals surface area (Å²) in [6, 6.07) is 6.60. The van der Waals surface area contributed by atoms with E-state index in [0.29, 0.717) is 12.8 Å². The number of aliphatic carboxylic acids is 2. The number of unbranched alkanes of at least 4 members (excludes halogenated alkanes) is 2. The lowest BCUT2D eigenvalue weighted by molar-refractivity contribution is -0.138. The van der Waals surface area contributed by atoms with E-state index in [1.807, 2.05) is 6.92 Å². The number of aromatic hydroxyl groups is 1. The lowest BCUT2D eigenvalue weighted by Gasteiger charge is -2.28. The Kier molecular flexibility index (Phi) is 6.21. The Morgan fingerprint density at radius 1 is 1.00 bits per heavy atom. The van der Waals surface area contributed by atoms with Gasteiger partial charge in [0.25, 0.3) is 0 Å². The molecular formula is C16H22O5. The summed E-state index contributed by atoms with van der Waals surface area (Å²) in [4.78, 5) is 21.6. The summed E-state index contributed by atoms with van der Waals surface area (Å²) in [5.41, 5.74) is 0.365. The van der Waals surface area contributed by atoms with E-state index in [4.69, 9.17) is 10.2 Å². The Morgan fingerprint density at radius 2 is 1.62 bits per heavy atom. The van der Waals surface area contributed by atoms with E-state index in [0.717, 1.165) is 18.4 Å². The van der Waals surface area contributed by atoms with Crippen molar-refractivity contribution in [2.45, 2.75) is 50.9 Å². The molecule has 5 heteroatoms. The van der Waals surface area contributed by atoms with Crippen LogP contribution >= 0.6 is 0 Å². The molecule has 1 aromatic rings. The second kappa shape index (κ2) is 7.67. The molecule has 0 aliphatic heterocycles. The van der Waals surface area contributed by atoms with Gasteiger partial charge in [-0.1, -0.05) is 31.9 Å². The molecule has 0 radical (unpaired) electrons. The summed E-state index contributed by atoms with van der Waals surface area (Å²) in [7, 11) is 0. The van der Waals surface area contributed by atoms with Gasteiger partial charge >= 0.3 is 11.9 Å². The van der Waals surface area contributed by atoms with Crippen molar-refractivity contribution < 1.29 is 24.9 Å². The van der Waals surface area contributed by atoms with E-state index < -0.39 is 17.4 Å². The van der Waals surface area contributed by atoms with Crippen LogP contribution in [0.3, 0.4) is 0 Å². The topological polar surface area (TPSA) is 94.8 Å². The number of hydrogen-bond donors (Lipinski definition) is 3. The van der Waals surface area contributed by atoms with Gasteiger partial charge in [-0.3, -0.25) is 9.59 Å². The van der Waals surface area contributed by atoms with Crippen LogP contribution in [0.25, 0.3) is 0 Å². The largest absolute Gasteiger partial charge is 0.508 e. The Hall–Kier alpha value is -2.04. The second-order valence-corrected chi connectivity index (χ2v) is 5.63. The lowest BCUT2D eigenvalue weighted by atomic mass is 9.75. The van der Waals surface area contributed by atoms with Crippen molar-refractivity contribution in [3.63, 3.8) is 0 Å². The lowest BCUT2D eigenvalue weighted by Crippen LogP contribution is -2.25. The van der Waals surface area contributed by atoms with Gasteiger partial charge in [-0.25, -0.2) is 0 Å². The van der Waals surface area contributed by atoms with Crippen LogP contribution in [0.4, 0.5) is 0 Å². The van der Waals surface area contributed by atoms with Crippen LogP contribution in [0.5, 0.6) is 5.75 Å². The van der Waals surface area contributed by atoms with Gasteiger partial charge in [0.2, 0.25) is 0 Å². The number of phenolic OH excluding ortho intramolecular Hbond substituents is 1. The van der Waals surface area contributed by atoms with Crippen molar-refractivity contribution >= 4 is 11.9 Å². The number of carbonyl (C=O) groups is 2. The van der Waals surface area contributed by atoms with Gasteiger partial charge in [-0.05, 0) is 30.5 Å². The Balaban J connectivity index is 2.67. The highest BCUT2D eigenvalue weighted by molar-refractivity contribution is 5.69. The summed E-state index contributed by atoms with van der Waals surface area (Å²) in [6.07, 6.45) is 2.97. The van der Waals surface area contributed by atoms with Gasteiger partial charge < -0.3 is 15.3 Å². The van der Waals surface area contributed by atoms with Crippen molar-refractivity contribution in [3.8, 4) is 5.75 Å². The van der Waals surface area contributed by atoms with Crippen LogP contribution in [0.2, 0.25) is 0 Å². The monoisotopic (exact) mass is 294 g/mol. The van der Waals surface area contributed by atoms with E-state index in [1.165, 1.54) is 0 Å². The summed E-state index contributed by atoms with van der Waals surface area (Å²) in [5, 5.41) is 27.0. The minimum Gasteiger partial charge on any atom is -0.508 e. The third-order valence-corrected chi connectivity index (χ3v) is 3.72. The smallest absolute Gasteiger partial charge is 0.304 e. The first-order valence-corrected chi connectivity index (χ1v) is 7.06. The standard InChI is InChI=1S/C16H22O5/c1-16(11-15(20)21,10-4-2-3-5-14(18)19)12-6-8-13(17)9-7-12/h6-9,17H,2-5,10-11H2,1H3,(H,18,19)(H,20,21). The van der Waals surface area contributed by atoms with E-state index in [1.54, 1.807) is 24.3 Å². The zero-order valence-electron chi connectivity index (χ0n) is 12.2. The van der Waals surface area contributed by atoms with E-state index >= 15 is 0 Å². The van der Waals surface area contributed by atoms with Gasteiger partial charge in [0.05, 0.1) is 6.42 Å². The molecule has 0 amide bonds. The number of carboxylic acid groups (broad SMARTS) is 2. The van der Waals surface area contributed by atoms with Gasteiger partial charge in [0.15, 0.2) is 0 Å². The number of hydrogen-bond acceptors (Lipinski definition) is 3. The van der Waals surface area contributed by atoms with E-state index in [-0.39, 0.29) is 18.6 Å². The van der Waals surface area contributed by atoms with Gasteiger partial charge in [-0.15, -0.1) is 0 Å². The molecule has 5 nitrogen and oxygen atoms in total. The molecule has 0 fully saturated rings. The Labute approximate surface area is 124 Å². The quantitative estimate of drug-likeness (QED) is 0.608. The molecule has 0 saturated heterocycles. The van der Waals surface area contributed by atoms with Crippen molar-refractivity contribution in [3.05, 3.63) is 29.8 Å². The van der Waals surface area contributed by atoms with Gasteiger partial charge in [-0.2, -0.15) is 0 Å².